The summed E-state index contributed by atoms with van der Waals surface area (Å²) in [7, 11) is 1.68. The number of hydrogen-bond donors (Lipinski definition) is 1. The largest absolute Gasteiger partial charge is 0.314 e. The van der Waals surface area contributed by atoms with E-state index < -0.39 is 0 Å². The van der Waals surface area contributed by atoms with Crippen molar-refractivity contribution in [3.63, 3.8) is 0 Å². The lowest BCUT2D eigenvalue weighted by molar-refractivity contribution is -0.0668. The molecule has 0 radical (unpaired) electrons. The lowest BCUT2D eigenvalue weighted by atomic mass is 9.91. The normalized spacial score (nSPS) is 11.1. The van der Waals surface area contributed by atoms with E-state index in [1.165, 1.54) is 16.2 Å². The average Bonchev–Trinajstić information content (AvgIpc) is 2.38. The van der Waals surface area contributed by atoms with Crippen molar-refractivity contribution in [3.05, 3.63) is 71.8 Å². The maximum absolute atomic E-state index is 9.48. The number of nitrogens with zero attached hydrogens (tertiary/aromatic N) is 1. The molecule has 0 aliphatic heterocycles. The highest BCUT2D eigenvalue weighted by atomic mass is 16.5. The molecule has 0 aliphatic carbocycles. The van der Waals surface area contributed by atoms with Crippen LogP contribution in [-0.2, 0) is 0 Å². The number of hydrogen-bond acceptors (Lipinski definition) is 2. The first-order valence-electron chi connectivity index (χ1n) is 5.77. The van der Waals surface area contributed by atoms with Crippen LogP contribution in [0, 0.1) is 0 Å². The molecule has 0 aliphatic rings. The van der Waals surface area contributed by atoms with Gasteiger partial charge >= 0.3 is 0 Å². The molecule has 0 bridgehead atoms. The molecule has 88 valence electrons. The highest BCUT2D eigenvalue weighted by Gasteiger charge is 2.14. The summed E-state index contributed by atoms with van der Waals surface area (Å²) in [5.41, 5.74) is 2.44. The minimum absolute atomic E-state index is 0.201. The van der Waals surface area contributed by atoms with Crippen LogP contribution in [0.2, 0.25) is 0 Å². The van der Waals surface area contributed by atoms with Crippen LogP contribution >= 0.6 is 0 Å². The van der Waals surface area contributed by atoms with Crippen molar-refractivity contribution >= 4 is 0 Å². The first-order valence-corrected chi connectivity index (χ1v) is 5.77. The highest BCUT2D eigenvalue weighted by molar-refractivity contribution is 5.32. The second-order valence-corrected chi connectivity index (χ2v) is 4.21. The summed E-state index contributed by atoms with van der Waals surface area (Å²) in [6.45, 7) is 0.591. The molecule has 0 heterocycles. The van der Waals surface area contributed by atoms with Crippen LogP contribution in [0.15, 0.2) is 60.7 Å². The average molecular weight is 227 g/mol. The van der Waals surface area contributed by atoms with Gasteiger partial charge in [-0.3, -0.25) is 0 Å². The van der Waals surface area contributed by atoms with Gasteiger partial charge in [0, 0.05) is 19.5 Å². The van der Waals surface area contributed by atoms with Crippen molar-refractivity contribution in [2.75, 3.05) is 13.6 Å². The van der Waals surface area contributed by atoms with Gasteiger partial charge in [0.05, 0.1) is 0 Å². The van der Waals surface area contributed by atoms with E-state index in [2.05, 4.69) is 24.3 Å². The Kier molecular flexibility index (Phi) is 3.91. The predicted molar refractivity (Wildman–Crippen MR) is 69.1 cm³/mol. The van der Waals surface area contributed by atoms with Crippen molar-refractivity contribution in [2.24, 2.45) is 0 Å². The first kappa shape index (κ1) is 11.8. The lowest BCUT2D eigenvalue weighted by Gasteiger charge is -2.20. The van der Waals surface area contributed by atoms with Crippen molar-refractivity contribution in [1.82, 2.24) is 5.06 Å². The number of rotatable bonds is 4. The third kappa shape index (κ3) is 3.16. The Hall–Kier alpha value is -1.64. The molecule has 17 heavy (non-hydrogen) atoms. The van der Waals surface area contributed by atoms with Gasteiger partial charge in [0.1, 0.15) is 0 Å². The first-order chi connectivity index (χ1) is 8.27. The molecule has 0 spiro atoms. The Balaban J connectivity index is 2.32. The Morgan fingerprint density at radius 2 is 1.29 bits per heavy atom. The van der Waals surface area contributed by atoms with Crippen LogP contribution in [0.25, 0.3) is 0 Å². The lowest BCUT2D eigenvalue weighted by Crippen LogP contribution is -2.21. The van der Waals surface area contributed by atoms with E-state index in [0.29, 0.717) is 6.54 Å². The zero-order chi connectivity index (χ0) is 12.1. The van der Waals surface area contributed by atoms with Gasteiger partial charge in [-0.05, 0) is 11.1 Å². The van der Waals surface area contributed by atoms with Crippen LogP contribution in [0.4, 0.5) is 0 Å². The van der Waals surface area contributed by atoms with Crippen molar-refractivity contribution in [1.29, 1.82) is 0 Å². The molecule has 2 nitrogen and oxygen atoms in total. The fourth-order valence-electron chi connectivity index (χ4n) is 2.04. The van der Waals surface area contributed by atoms with Gasteiger partial charge in [-0.2, -0.15) is 5.06 Å². The standard InChI is InChI=1S/C15H17NO/c1-16(17)12-15(13-8-4-2-5-9-13)14-10-6-3-7-11-14/h2-11,15,17H,12H2,1H3. The Morgan fingerprint density at radius 1 is 0.882 bits per heavy atom. The van der Waals surface area contributed by atoms with Gasteiger partial charge in [0.15, 0.2) is 0 Å². The Labute approximate surface area is 102 Å². The molecule has 0 fully saturated rings. The fraction of sp³-hybridized carbons (Fsp3) is 0.200. The van der Waals surface area contributed by atoms with E-state index in [1.54, 1.807) is 7.05 Å². The highest BCUT2D eigenvalue weighted by Crippen LogP contribution is 2.24. The molecule has 2 aromatic carbocycles. The summed E-state index contributed by atoms with van der Waals surface area (Å²) in [6.07, 6.45) is 0. The fourth-order valence-corrected chi connectivity index (χ4v) is 2.04. The van der Waals surface area contributed by atoms with E-state index in [4.69, 9.17) is 0 Å². The van der Waals surface area contributed by atoms with E-state index in [0.717, 1.165) is 0 Å². The van der Waals surface area contributed by atoms with E-state index in [1.807, 2.05) is 36.4 Å². The molecule has 1 N–H and O–H groups in total. The molecule has 2 aromatic rings. The van der Waals surface area contributed by atoms with Gasteiger partial charge in [0.2, 0.25) is 0 Å². The second-order valence-electron chi connectivity index (χ2n) is 4.21. The van der Waals surface area contributed by atoms with Crippen molar-refractivity contribution in [2.45, 2.75) is 5.92 Å². The monoisotopic (exact) mass is 227 g/mol. The second kappa shape index (κ2) is 5.62. The van der Waals surface area contributed by atoms with Crippen LogP contribution in [0.1, 0.15) is 17.0 Å². The summed E-state index contributed by atoms with van der Waals surface area (Å²) < 4.78 is 0. The van der Waals surface area contributed by atoms with Gasteiger partial charge in [-0.25, -0.2) is 0 Å². The van der Waals surface area contributed by atoms with Gasteiger partial charge < -0.3 is 5.21 Å². The quantitative estimate of drug-likeness (QED) is 0.811. The smallest absolute Gasteiger partial charge is 0.0344 e. The minimum Gasteiger partial charge on any atom is -0.314 e. The summed E-state index contributed by atoms with van der Waals surface area (Å²) in [4.78, 5) is 0. The summed E-state index contributed by atoms with van der Waals surface area (Å²) in [6, 6.07) is 20.5. The Bertz CT molecular complexity index is 399. The van der Waals surface area contributed by atoms with Crippen LogP contribution < -0.4 is 0 Å². The number of hydroxylamine groups is 2. The van der Waals surface area contributed by atoms with Crippen molar-refractivity contribution < 1.29 is 5.21 Å². The Morgan fingerprint density at radius 3 is 1.65 bits per heavy atom. The molecule has 0 saturated heterocycles. The molecule has 0 aromatic heterocycles. The molecule has 2 heteroatoms. The minimum atomic E-state index is 0.201. The molecular weight excluding hydrogens is 210 g/mol. The van der Waals surface area contributed by atoms with E-state index in [9.17, 15) is 5.21 Å². The molecular formula is C15H17NO. The van der Waals surface area contributed by atoms with Gasteiger partial charge in [-0.1, -0.05) is 60.7 Å². The summed E-state index contributed by atoms with van der Waals surface area (Å²) in [5, 5.41) is 10.7. The van der Waals surface area contributed by atoms with E-state index in [-0.39, 0.29) is 5.92 Å². The summed E-state index contributed by atoms with van der Waals surface area (Å²) >= 11 is 0. The van der Waals surface area contributed by atoms with Crippen LogP contribution in [0.5, 0.6) is 0 Å². The predicted octanol–water partition coefficient (Wildman–Crippen LogP) is 3.14. The molecule has 0 atom stereocenters. The zero-order valence-electron chi connectivity index (χ0n) is 9.95. The van der Waals surface area contributed by atoms with Crippen LogP contribution in [-0.4, -0.2) is 23.9 Å². The number of benzene rings is 2. The summed E-state index contributed by atoms with van der Waals surface area (Å²) in [5.74, 6) is 0.201. The molecule has 2 rings (SSSR count). The van der Waals surface area contributed by atoms with Crippen molar-refractivity contribution in [3.8, 4) is 0 Å². The maximum atomic E-state index is 9.48. The van der Waals surface area contributed by atoms with Crippen LogP contribution in [0.3, 0.4) is 0 Å². The zero-order valence-corrected chi connectivity index (χ0v) is 9.95. The third-order valence-electron chi connectivity index (χ3n) is 2.85. The molecule has 0 saturated carbocycles. The van der Waals surface area contributed by atoms with Gasteiger partial charge in [-0.15, -0.1) is 0 Å². The third-order valence-corrected chi connectivity index (χ3v) is 2.85. The van der Waals surface area contributed by atoms with Gasteiger partial charge in [0.25, 0.3) is 0 Å². The molecule has 0 amide bonds. The SMILES string of the molecule is CN(O)CC(c1ccccc1)c1ccccc1. The molecule has 0 unspecified atom stereocenters. The number of likely N-dealkylation sites (N-methyl/N-ethyl adjacent to an activating group) is 1. The topological polar surface area (TPSA) is 23.5 Å². The van der Waals surface area contributed by atoms with E-state index >= 15 is 0 Å². The maximum Gasteiger partial charge on any atom is 0.0344 e.